The normalized spacial score (nSPS) is 16.4. The lowest BCUT2D eigenvalue weighted by Crippen LogP contribution is -2.27. The van der Waals surface area contributed by atoms with Gasteiger partial charge in [0, 0.05) is 18.2 Å². The van der Waals surface area contributed by atoms with Crippen LogP contribution in [0.4, 0.5) is 30.2 Å². The SMILES string of the molecule is Cc1c(C#N)c(O)n(CC2CCCO2)c(=O)c1N=Nc1ccc(C(F)(F)F)cc1[N+](=O)[O-]. The van der Waals surface area contributed by atoms with Crippen molar-refractivity contribution in [3.8, 4) is 11.9 Å². The molecule has 0 aliphatic carbocycles. The summed E-state index contributed by atoms with van der Waals surface area (Å²) in [6.45, 7) is 1.76. The molecule has 0 radical (unpaired) electrons. The van der Waals surface area contributed by atoms with Gasteiger partial charge in [-0.2, -0.15) is 18.4 Å². The van der Waals surface area contributed by atoms with Crippen LogP contribution in [0.5, 0.6) is 5.88 Å². The highest BCUT2D eigenvalue weighted by Crippen LogP contribution is 2.37. The Kier molecular flexibility index (Phi) is 6.26. The van der Waals surface area contributed by atoms with Crippen LogP contribution >= 0.6 is 0 Å². The zero-order valence-corrected chi connectivity index (χ0v) is 16.6. The molecule has 1 aromatic carbocycles. The number of nitro benzene ring substituents is 1. The third-order valence-corrected chi connectivity index (χ3v) is 4.94. The molecule has 0 amide bonds. The monoisotopic (exact) mass is 451 g/mol. The fourth-order valence-corrected chi connectivity index (χ4v) is 3.25. The summed E-state index contributed by atoms with van der Waals surface area (Å²) in [6, 6.07) is 3.44. The standard InChI is InChI=1S/C19H16F3N5O5/c1-10-13(8-23)17(28)26(9-12-3-2-6-32-12)18(29)16(10)25-24-14-5-4-11(19(20,21)22)7-15(14)27(30)31/h4-5,7,12,28H,2-3,6,9H2,1H3. The van der Waals surface area contributed by atoms with Gasteiger partial charge in [0.05, 0.1) is 23.1 Å². The minimum atomic E-state index is -4.80. The topological polar surface area (TPSA) is 143 Å². The first-order valence-electron chi connectivity index (χ1n) is 9.30. The predicted molar refractivity (Wildman–Crippen MR) is 103 cm³/mol. The number of ether oxygens (including phenoxy) is 1. The van der Waals surface area contributed by atoms with Crippen molar-refractivity contribution in [1.29, 1.82) is 5.26 Å². The Morgan fingerprint density at radius 3 is 2.69 bits per heavy atom. The zero-order valence-electron chi connectivity index (χ0n) is 16.6. The molecule has 2 heterocycles. The molecule has 1 fully saturated rings. The van der Waals surface area contributed by atoms with Crippen molar-refractivity contribution in [1.82, 2.24) is 4.57 Å². The van der Waals surface area contributed by atoms with Crippen molar-refractivity contribution in [3.05, 3.63) is 55.4 Å². The van der Waals surface area contributed by atoms with Gasteiger partial charge in [-0.25, -0.2) is 0 Å². The van der Waals surface area contributed by atoms with E-state index in [9.17, 15) is 38.4 Å². The van der Waals surface area contributed by atoms with E-state index in [1.807, 2.05) is 0 Å². The van der Waals surface area contributed by atoms with Gasteiger partial charge in [0.2, 0.25) is 5.88 Å². The first-order chi connectivity index (χ1) is 15.0. The number of azo groups is 1. The molecule has 2 aromatic rings. The van der Waals surface area contributed by atoms with E-state index in [4.69, 9.17) is 4.74 Å². The molecule has 0 bridgehead atoms. The summed E-state index contributed by atoms with van der Waals surface area (Å²) in [5.74, 6) is -0.579. The van der Waals surface area contributed by atoms with Gasteiger partial charge in [-0.05, 0) is 31.9 Å². The molecule has 168 valence electrons. The highest BCUT2D eigenvalue weighted by Gasteiger charge is 2.33. The van der Waals surface area contributed by atoms with Crippen molar-refractivity contribution in [2.75, 3.05) is 6.61 Å². The Morgan fingerprint density at radius 2 is 2.12 bits per heavy atom. The Morgan fingerprint density at radius 1 is 1.41 bits per heavy atom. The van der Waals surface area contributed by atoms with Crippen molar-refractivity contribution in [2.24, 2.45) is 10.2 Å². The maximum Gasteiger partial charge on any atom is 0.416 e. The quantitative estimate of drug-likeness (QED) is 0.409. The van der Waals surface area contributed by atoms with Crippen LogP contribution in [0.1, 0.15) is 29.5 Å². The minimum Gasteiger partial charge on any atom is -0.493 e. The molecule has 1 N–H and O–H groups in total. The van der Waals surface area contributed by atoms with E-state index in [-0.39, 0.29) is 29.5 Å². The number of alkyl halides is 3. The Balaban J connectivity index is 2.10. The molecule has 1 atom stereocenters. The number of pyridine rings is 1. The first kappa shape index (κ1) is 22.9. The summed E-state index contributed by atoms with van der Waals surface area (Å²) in [7, 11) is 0. The van der Waals surface area contributed by atoms with Crippen molar-refractivity contribution < 1.29 is 27.9 Å². The maximum absolute atomic E-state index is 12.9. The van der Waals surface area contributed by atoms with Gasteiger partial charge < -0.3 is 9.84 Å². The summed E-state index contributed by atoms with van der Waals surface area (Å²) >= 11 is 0. The van der Waals surface area contributed by atoms with Crippen LogP contribution in [-0.4, -0.2) is 27.3 Å². The lowest BCUT2D eigenvalue weighted by molar-refractivity contribution is -0.384. The summed E-state index contributed by atoms with van der Waals surface area (Å²) in [6.07, 6.45) is -3.77. The van der Waals surface area contributed by atoms with Gasteiger partial charge in [0.15, 0.2) is 11.4 Å². The van der Waals surface area contributed by atoms with Crippen molar-refractivity contribution in [3.63, 3.8) is 0 Å². The third-order valence-electron chi connectivity index (χ3n) is 4.94. The Bertz CT molecular complexity index is 1190. The maximum atomic E-state index is 12.9. The molecular formula is C19H16F3N5O5. The lowest BCUT2D eigenvalue weighted by atomic mass is 10.1. The van der Waals surface area contributed by atoms with E-state index in [2.05, 4.69) is 10.2 Å². The lowest BCUT2D eigenvalue weighted by Gasteiger charge is -2.16. The molecule has 32 heavy (non-hydrogen) atoms. The van der Waals surface area contributed by atoms with Gasteiger partial charge in [0.25, 0.3) is 11.2 Å². The number of hydrogen-bond donors (Lipinski definition) is 1. The molecule has 0 saturated carbocycles. The van der Waals surface area contributed by atoms with Crippen LogP contribution in [-0.2, 0) is 17.5 Å². The van der Waals surface area contributed by atoms with Crippen LogP contribution in [0, 0.1) is 28.4 Å². The Hall–Kier alpha value is -3.79. The average molecular weight is 451 g/mol. The zero-order chi connectivity index (χ0) is 23.6. The van der Waals surface area contributed by atoms with Crippen LogP contribution in [0.25, 0.3) is 0 Å². The summed E-state index contributed by atoms with van der Waals surface area (Å²) < 4.78 is 44.9. The molecular weight excluding hydrogens is 435 g/mol. The van der Waals surface area contributed by atoms with E-state index < -0.39 is 39.5 Å². The van der Waals surface area contributed by atoms with E-state index >= 15 is 0 Å². The van der Waals surface area contributed by atoms with Crippen LogP contribution in [0.2, 0.25) is 0 Å². The van der Waals surface area contributed by atoms with Crippen LogP contribution < -0.4 is 5.56 Å². The van der Waals surface area contributed by atoms with E-state index in [1.165, 1.54) is 6.92 Å². The average Bonchev–Trinajstić information content (AvgIpc) is 3.24. The second-order valence-corrected chi connectivity index (χ2v) is 6.99. The number of aromatic hydroxyl groups is 1. The molecule has 1 aliphatic rings. The van der Waals surface area contributed by atoms with Crippen molar-refractivity contribution in [2.45, 2.75) is 38.6 Å². The molecule has 1 saturated heterocycles. The fraction of sp³-hybridized carbons (Fsp3) is 0.368. The molecule has 13 heteroatoms. The van der Waals surface area contributed by atoms with E-state index in [1.54, 1.807) is 6.07 Å². The summed E-state index contributed by atoms with van der Waals surface area (Å²) in [4.78, 5) is 23.1. The fourth-order valence-electron chi connectivity index (χ4n) is 3.25. The van der Waals surface area contributed by atoms with Gasteiger partial charge in [0.1, 0.15) is 11.6 Å². The number of aromatic nitrogens is 1. The van der Waals surface area contributed by atoms with E-state index in [0.717, 1.165) is 17.1 Å². The van der Waals surface area contributed by atoms with Gasteiger partial charge in [-0.3, -0.25) is 19.5 Å². The first-order valence-corrected chi connectivity index (χ1v) is 9.30. The summed E-state index contributed by atoms with van der Waals surface area (Å²) in [5, 5.41) is 38.3. The van der Waals surface area contributed by atoms with Crippen LogP contribution in [0.3, 0.4) is 0 Å². The number of rotatable bonds is 5. The second-order valence-electron chi connectivity index (χ2n) is 6.99. The Labute approximate surface area is 178 Å². The molecule has 1 aromatic heterocycles. The number of nitrogens with zero attached hydrogens (tertiary/aromatic N) is 5. The van der Waals surface area contributed by atoms with Gasteiger partial charge in [-0.15, -0.1) is 10.2 Å². The van der Waals surface area contributed by atoms with Gasteiger partial charge >= 0.3 is 6.18 Å². The highest BCUT2D eigenvalue weighted by molar-refractivity contribution is 5.60. The van der Waals surface area contributed by atoms with Gasteiger partial charge in [-0.1, -0.05) is 0 Å². The highest BCUT2D eigenvalue weighted by atomic mass is 19.4. The summed E-state index contributed by atoms with van der Waals surface area (Å²) in [5.41, 5.74) is -4.20. The largest absolute Gasteiger partial charge is 0.493 e. The number of hydrogen-bond acceptors (Lipinski definition) is 8. The smallest absolute Gasteiger partial charge is 0.416 e. The molecule has 10 nitrogen and oxygen atoms in total. The second kappa shape index (κ2) is 8.75. The molecule has 3 rings (SSSR count). The van der Waals surface area contributed by atoms with E-state index in [0.29, 0.717) is 25.2 Å². The predicted octanol–water partition coefficient (Wildman–Crippen LogP) is 4.26. The molecule has 0 spiro atoms. The minimum absolute atomic E-state index is 0.0306. The number of benzene rings is 1. The van der Waals surface area contributed by atoms with Crippen molar-refractivity contribution >= 4 is 17.1 Å². The molecule has 1 unspecified atom stereocenters. The third kappa shape index (κ3) is 4.45. The molecule has 1 aliphatic heterocycles. The number of nitro groups is 1. The van der Waals surface area contributed by atoms with Crippen LogP contribution in [0.15, 0.2) is 33.2 Å². The number of halogens is 3. The number of nitriles is 1.